The molecule has 1 aliphatic carbocycles. The van der Waals surface area contributed by atoms with E-state index >= 15 is 0 Å². The summed E-state index contributed by atoms with van der Waals surface area (Å²) in [6, 6.07) is 17.3. The summed E-state index contributed by atoms with van der Waals surface area (Å²) in [5.74, 6) is 2.47. The Morgan fingerprint density at radius 3 is 2.66 bits per heavy atom. The molecule has 1 aromatic carbocycles. The standard InChI is InChI=1S/C37H45N9O4/c1-24-9-7-8-18-44(24)36-42-41-32-15-12-26(23-45(32)36)50-30-14-13-29(27-10-5-6-11-28(27)30)39-35(48)40-33-22-31(37(2,3)4)43-46(33)25-16-17-38-34(21-25)49-20-19-47/h5-6,10-12,15-17,21-24,29-30,47H,7-9,13-14,18-20H2,1-4H3,(H2,39,40,48)/t24-,29?,30+/m0/s1. The number of hydrogen-bond donors (Lipinski definition) is 3. The van der Waals surface area contributed by atoms with E-state index in [0.717, 1.165) is 60.0 Å². The summed E-state index contributed by atoms with van der Waals surface area (Å²) in [7, 11) is 0. The van der Waals surface area contributed by atoms with Crippen LogP contribution in [-0.4, -0.2) is 66.3 Å². The van der Waals surface area contributed by atoms with Gasteiger partial charge in [-0.2, -0.15) is 5.10 Å². The first-order valence-corrected chi connectivity index (χ1v) is 17.4. The van der Waals surface area contributed by atoms with Gasteiger partial charge in [0.05, 0.1) is 30.2 Å². The first-order valence-electron chi connectivity index (χ1n) is 17.4. The first-order chi connectivity index (χ1) is 24.2. The lowest BCUT2D eigenvalue weighted by molar-refractivity contribution is 0.171. The molecule has 262 valence electrons. The van der Waals surface area contributed by atoms with Crippen molar-refractivity contribution in [2.45, 2.75) is 83.4 Å². The minimum absolute atomic E-state index is 0.121. The number of nitrogens with one attached hydrogen (secondary N) is 2. The number of aliphatic hydroxyl groups is 1. The Kier molecular flexibility index (Phi) is 9.32. The van der Waals surface area contributed by atoms with Crippen molar-refractivity contribution < 1.29 is 19.4 Å². The van der Waals surface area contributed by atoms with Crippen LogP contribution in [-0.2, 0) is 5.41 Å². The van der Waals surface area contributed by atoms with Crippen LogP contribution in [0.4, 0.5) is 16.6 Å². The molecule has 7 rings (SSSR count). The third-order valence-electron chi connectivity index (χ3n) is 9.46. The van der Waals surface area contributed by atoms with E-state index in [1.807, 2.05) is 40.9 Å². The summed E-state index contributed by atoms with van der Waals surface area (Å²) >= 11 is 0. The molecule has 0 spiro atoms. The molecule has 13 heteroatoms. The van der Waals surface area contributed by atoms with E-state index in [9.17, 15) is 9.90 Å². The number of hydrogen-bond acceptors (Lipinski definition) is 9. The van der Waals surface area contributed by atoms with E-state index < -0.39 is 0 Å². The average Bonchev–Trinajstić information content (AvgIpc) is 3.73. The summed E-state index contributed by atoms with van der Waals surface area (Å²) in [4.78, 5) is 20.2. The van der Waals surface area contributed by atoms with Gasteiger partial charge in [-0.25, -0.2) is 14.5 Å². The fraction of sp³-hybridized carbons (Fsp3) is 0.432. The van der Waals surface area contributed by atoms with Crippen LogP contribution in [0.5, 0.6) is 11.6 Å². The lowest BCUT2D eigenvalue weighted by atomic mass is 9.85. The molecule has 3 atom stereocenters. The zero-order valence-electron chi connectivity index (χ0n) is 29.0. The topological polar surface area (TPSA) is 144 Å². The van der Waals surface area contributed by atoms with Crippen LogP contribution in [0.3, 0.4) is 0 Å². The summed E-state index contributed by atoms with van der Waals surface area (Å²) in [6.45, 7) is 9.43. The number of urea groups is 1. The molecule has 0 saturated carbocycles. The predicted octanol–water partition coefficient (Wildman–Crippen LogP) is 6.13. The molecule has 13 nitrogen and oxygen atoms in total. The highest BCUT2D eigenvalue weighted by Crippen LogP contribution is 2.39. The fourth-order valence-electron chi connectivity index (χ4n) is 6.81. The molecule has 1 fully saturated rings. The molecule has 0 radical (unpaired) electrons. The Hall–Kier alpha value is -5.17. The zero-order chi connectivity index (χ0) is 34.8. The number of ether oxygens (including phenoxy) is 2. The van der Waals surface area contributed by atoms with E-state index in [2.05, 4.69) is 70.5 Å². The Morgan fingerprint density at radius 2 is 1.86 bits per heavy atom. The maximum atomic E-state index is 13.6. The summed E-state index contributed by atoms with van der Waals surface area (Å²) < 4.78 is 15.9. The first kappa shape index (κ1) is 33.3. The SMILES string of the molecule is C[C@H]1CCCCN1c1nnc2ccc(O[C@@H]3CCC(NC(=O)Nc4cc(C(C)(C)C)nn4-c4ccnc(OCCO)c4)c4ccccc43)cn12. The molecule has 1 aliphatic heterocycles. The number of fused-ring (bicyclic) bond motifs is 2. The molecule has 2 amide bonds. The van der Waals surface area contributed by atoms with Crippen molar-refractivity contribution in [3.63, 3.8) is 0 Å². The molecular weight excluding hydrogens is 634 g/mol. The molecule has 5 aromatic rings. The molecule has 2 aliphatic rings. The van der Waals surface area contributed by atoms with E-state index in [1.165, 1.54) is 6.42 Å². The summed E-state index contributed by atoms with van der Waals surface area (Å²) in [6.07, 6.45) is 8.37. The predicted molar refractivity (Wildman–Crippen MR) is 190 cm³/mol. The van der Waals surface area contributed by atoms with Crippen molar-refractivity contribution in [3.05, 3.63) is 83.8 Å². The maximum Gasteiger partial charge on any atom is 0.320 e. The number of piperidine rings is 1. The number of aromatic nitrogens is 6. The van der Waals surface area contributed by atoms with Crippen molar-refractivity contribution in [2.24, 2.45) is 0 Å². The van der Waals surface area contributed by atoms with E-state index in [0.29, 0.717) is 29.8 Å². The number of amides is 2. The number of carbonyl (C=O) groups is 1. The van der Waals surface area contributed by atoms with E-state index in [1.54, 1.807) is 23.0 Å². The van der Waals surface area contributed by atoms with Crippen LogP contribution >= 0.6 is 0 Å². The van der Waals surface area contributed by atoms with Crippen molar-refractivity contribution >= 4 is 23.4 Å². The highest BCUT2D eigenvalue weighted by atomic mass is 16.5. The van der Waals surface area contributed by atoms with Crippen molar-refractivity contribution in [1.82, 2.24) is 34.7 Å². The van der Waals surface area contributed by atoms with Gasteiger partial charge < -0.3 is 24.8 Å². The van der Waals surface area contributed by atoms with Crippen LogP contribution in [0.15, 0.2) is 67.0 Å². The Bertz CT molecular complexity index is 1970. The van der Waals surface area contributed by atoms with Crippen molar-refractivity contribution in [3.8, 4) is 17.3 Å². The van der Waals surface area contributed by atoms with Gasteiger partial charge in [-0.3, -0.25) is 9.72 Å². The quantitative estimate of drug-likeness (QED) is 0.168. The molecule has 0 bridgehead atoms. The molecule has 4 aromatic heterocycles. The Labute approximate surface area is 291 Å². The van der Waals surface area contributed by atoms with Crippen molar-refractivity contribution in [1.29, 1.82) is 0 Å². The number of aliphatic hydroxyl groups excluding tert-OH is 1. The van der Waals surface area contributed by atoms with E-state index in [-0.39, 0.29) is 36.8 Å². The third kappa shape index (κ3) is 6.95. The number of nitrogens with zero attached hydrogens (tertiary/aromatic N) is 7. The second-order valence-electron chi connectivity index (χ2n) is 14.1. The Balaban J connectivity index is 1.08. The van der Waals surface area contributed by atoms with Crippen LogP contribution in [0.2, 0.25) is 0 Å². The van der Waals surface area contributed by atoms with Crippen molar-refractivity contribution in [2.75, 3.05) is 30.0 Å². The second kappa shape index (κ2) is 14.0. The number of rotatable bonds is 9. The van der Waals surface area contributed by atoms with Gasteiger partial charge >= 0.3 is 6.03 Å². The van der Waals surface area contributed by atoms with Gasteiger partial charge in [0.1, 0.15) is 24.3 Å². The molecule has 1 saturated heterocycles. The minimum Gasteiger partial charge on any atom is -0.484 e. The smallest absolute Gasteiger partial charge is 0.320 e. The van der Waals surface area contributed by atoms with Crippen LogP contribution in [0.1, 0.15) is 88.8 Å². The molecule has 3 N–H and O–H groups in total. The average molecular weight is 680 g/mol. The van der Waals surface area contributed by atoms with Crippen LogP contribution < -0.4 is 25.0 Å². The van der Waals surface area contributed by atoms with Gasteiger partial charge in [-0.05, 0) is 68.4 Å². The third-order valence-corrected chi connectivity index (χ3v) is 9.46. The lowest BCUT2D eigenvalue weighted by Gasteiger charge is -2.33. The lowest BCUT2D eigenvalue weighted by Crippen LogP contribution is -2.38. The molecule has 50 heavy (non-hydrogen) atoms. The van der Waals surface area contributed by atoms with Gasteiger partial charge in [0.15, 0.2) is 5.65 Å². The monoisotopic (exact) mass is 679 g/mol. The fourth-order valence-corrected chi connectivity index (χ4v) is 6.81. The number of benzene rings is 1. The summed E-state index contributed by atoms with van der Waals surface area (Å²) in [5.41, 5.74) is 4.09. The number of carbonyl (C=O) groups excluding carboxylic acids is 1. The molecule has 5 heterocycles. The second-order valence-corrected chi connectivity index (χ2v) is 14.1. The highest BCUT2D eigenvalue weighted by Gasteiger charge is 2.31. The largest absolute Gasteiger partial charge is 0.484 e. The highest BCUT2D eigenvalue weighted by molar-refractivity contribution is 5.89. The maximum absolute atomic E-state index is 13.6. The Morgan fingerprint density at radius 1 is 1.02 bits per heavy atom. The van der Waals surface area contributed by atoms with E-state index in [4.69, 9.17) is 14.6 Å². The minimum atomic E-state index is -0.339. The van der Waals surface area contributed by atoms with Crippen LogP contribution in [0, 0.1) is 0 Å². The normalized spacial score (nSPS) is 19.2. The zero-order valence-corrected chi connectivity index (χ0v) is 29.0. The van der Waals surface area contributed by atoms with Gasteiger partial charge in [0.25, 0.3) is 0 Å². The molecule has 1 unspecified atom stereocenters. The van der Waals surface area contributed by atoms with Crippen LogP contribution in [0.25, 0.3) is 11.3 Å². The summed E-state index contributed by atoms with van der Waals surface area (Å²) in [5, 5.41) is 29.2. The number of anilines is 2. The van der Waals surface area contributed by atoms with Gasteiger partial charge in [-0.15, -0.1) is 10.2 Å². The van der Waals surface area contributed by atoms with Gasteiger partial charge in [0.2, 0.25) is 11.8 Å². The van der Waals surface area contributed by atoms with Gasteiger partial charge in [0, 0.05) is 36.3 Å². The molecular formula is C37H45N9O4. The number of pyridine rings is 2. The van der Waals surface area contributed by atoms with Gasteiger partial charge in [-0.1, -0.05) is 45.0 Å².